The average Bonchev–Trinajstić information content (AvgIpc) is 3.30. The maximum absolute atomic E-state index is 13.2. The highest BCUT2D eigenvalue weighted by Gasteiger charge is 2.24. The minimum Gasteiger partial charge on any atom is -0.462 e. The fraction of sp³-hybridized carbons (Fsp3) is 0.763. The van der Waals surface area contributed by atoms with Crippen molar-refractivity contribution in [2.24, 2.45) is 0 Å². The molecule has 6 nitrogen and oxygen atoms in total. The van der Waals surface area contributed by atoms with Gasteiger partial charge >= 0.3 is 5.97 Å². The standard InChI is InChI=1S/C59H105NO5/c1-4-7-10-13-16-19-22-25-27-28-29-30-32-34-37-40-43-46-49-52-59(64)65-55(50-47-44-41-38-35-24-21-18-15-12-9-6-3)53-58(63)60-56(54-61)57(62)51-48-45-42-39-36-33-31-26-23-20-17-14-11-8-5-2/h9,12,16,18-19,21,25,27,29-30,34,37,55-57,61-62H,4-8,10-11,13-15,17,20,22-24,26,28,31-33,35-36,38-54H2,1-3H3,(H,60,63)/b12-9+,19-16-,21-18+,27-25-,30-29-,37-34-. The molecule has 0 aliphatic heterocycles. The number of carbonyl (C=O) groups excluding carboxylic acids is 2. The molecule has 0 aromatic heterocycles. The van der Waals surface area contributed by atoms with Gasteiger partial charge in [-0.25, -0.2) is 0 Å². The zero-order valence-corrected chi connectivity index (χ0v) is 42.9. The molecule has 0 radical (unpaired) electrons. The van der Waals surface area contributed by atoms with Gasteiger partial charge in [-0.15, -0.1) is 0 Å². The van der Waals surface area contributed by atoms with Crippen molar-refractivity contribution in [2.45, 2.75) is 283 Å². The summed E-state index contributed by atoms with van der Waals surface area (Å²) < 4.78 is 5.93. The first kappa shape index (κ1) is 62.3. The molecule has 0 aromatic carbocycles. The van der Waals surface area contributed by atoms with Gasteiger partial charge in [0.2, 0.25) is 5.91 Å². The molecule has 65 heavy (non-hydrogen) atoms. The second-order valence-corrected chi connectivity index (χ2v) is 18.6. The number of hydrogen-bond acceptors (Lipinski definition) is 5. The molecule has 0 aromatic rings. The van der Waals surface area contributed by atoms with E-state index < -0.39 is 18.2 Å². The Balaban J connectivity index is 4.58. The van der Waals surface area contributed by atoms with Gasteiger partial charge in [-0.2, -0.15) is 0 Å². The van der Waals surface area contributed by atoms with E-state index in [-0.39, 0.29) is 24.9 Å². The van der Waals surface area contributed by atoms with Gasteiger partial charge in [0, 0.05) is 6.42 Å². The molecule has 0 bridgehead atoms. The lowest BCUT2D eigenvalue weighted by molar-refractivity contribution is -0.151. The highest BCUT2D eigenvalue weighted by molar-refractivity contribution is 5.77. The minimum atomic E-state index is -0.800. The number of aliphatic hydroxyl groups excluding tert-OH is 2. The predicted octanol–water partition coefficient (Wildman–Crippen LogP) is 17.0. The lowest BCUT2D eigenvalue weighted by atomic mass is 10.0. The molecule has 0 aliphatic rings. The van der Waals surface area contributed by atoms with E-state index in [1.807, 2.05) is 0 Å². The van der Waals surface area contributed by atoms with E-state index in [0.29, 0.717) is 19.3 Å². The van der Waals surface area contributed by atoms with Crippen LogP contribution in [-0.4, -0.2) is 46.9 Å². The number of amides is 1. The van der Waals surface area contributed by atoms with Crippen LogP contribution in [0.3, 0.4) is 0 Å². The number of unbranched alkanes of at least 4 members (excludes halogenated alkanes) is 25. The Morgan fingerprint density at radius 2 is 0.831 bits per heavy atom. The maximum atomic E-state index is 13.2. The average molecular weight is 908 g/mol. The molecule has 1 amide bonds. The van der Waals surface area contributed by atoms with Gasteiger partial charge in [0.25, 0.3) is 0 Å². The van der Waals surface area contributed by atoms with E-state index in [2.05, 4.69) is 99.0 Å². The Kier molecular flexibility index (Phi) is 50.1. The second-order valence-electron chi connectivity index (χ2n) is 18.6. The zero-order valence-electron chi connectivity index (χ0n) is 42.9. The Morgan fingerprint density at radius 1 is 0.462 bits per heavy atom. The molecular weight excluding hydrogens is 803 g/mol. The van der Waals surface area contributed by atoms with Gasteiger partial charge in [0.05, 0.1) is 25.2 Å². The molecule has 376 valence electrons. The minimum absolute atomic E-state index is 0.0528. The molecule has 0 spiro atoms. The highest BCUT2D eigenvalue weighted by atomic mass is 16.5. The van der Waals surface area contributed by atoms with Crippen molar-refractivity contribution >= 4 is 11.9 Å². The van der Waals surface area contributed by atoms with E-state index in [0.717, 1.165) is 109 Å². The first-order valence-corrected chi connectivity index (χ1v) is 27.7. The fourth-order valence-electron chi connectivity index (χ4n) is 8.10. The van der Waals surface area contributed by atoms with Crippen molar-refractivity contribution in [2.75, 3.05) is 6.61 Å². The molecule has 6 heteroatoms. The van der Waals surface area contributed by atoms with Crippen LogP contribution in [0, 0.1) is 0 Å². The van der Waals surface area contributed by atoms with Crippen LogP contribution in [0.25, 0.3) is 0 Å². The van der Waals surface area contributed by atoms with Crippen LogP contribution in [0.1, 0.15) is 265 Å². The predicted molar refractivity (Wildman–Crippen MR) is 282 cm³/mol. The van der Waals surface area contributed by atoms with Gasteiger partial charge < -0.3 is 20.3 Å². The molecule has 3 unspecified atom stereocenters. The Morgan fingerprint density at radius 3 is 1.29 bits per heavy atom. The highest BCUT2D eigenvalue weighted by Crippen LogP contribution is 2.18. The Bertz CT molecular complexity index is 1200. The van der Waals surface area contributed by atoms with Crippen molar-refractivity contribution in [3.05, 3.63) is 72.9 Å². The third-order valence-electron chi connectivity index (χ3n) is 12.3. The van der Waals surface area contributed by atoms with Crippen LogP contribution < -0.4 is 5.32 Å². The van der Waals surface area contributed by atoms with Gasteiger partial charge in [-0.3, -0.25) is 9.59 Å². The van der Waals surface area contributed by atoms with Gasteiger partial charge in [0.1, 0.15) is 6.10 Å². The van der Waals surface area contributed by atoms with Gasteiger partial charge in [-0.05, 0) is 96.3 Å². The summed E-state index contributed by atoms with van der Waals surface area (Å²) in [5.41, 5.74) is 0. The first-order chi connectivity index (χ1) is 32.0. The number of carbonyl (C=O) groups is 2. The van der Waals surface area contributed by atoms with E-state index in [1.54, 1.807) is 0 Å². The molecule has 0 aliphatic carbocycles. The summed E-state index contributed by atoms with van der Waals surface area (Å²) in [4.78, 5) is 26.2. The Labute approximate surface area is 402 Å². The molecular formula is C59H105NO5. The third-order valence-corrected chi connectivity index (χ3v) is 12.3. The van der Waals surface area contributed by atoms with Crippen molar-refractivity contribution in [3.63, 3.8) is 0 Å². The van der Waals surface area contributed by atoms with E-state index in [4.69, 9.17) is 4.74 Å². The van der Waals surface area contributed by atoms with E-state index >= 15 is 0 Å². The van der Waals surface area contributed by atoms with Crippen LogP contribution in [0.4, 0.5) is 0 Å². The third kappa shape index (κ3) is 47.6. The van der Waals surface area contributed by atoms with Crippen LogP contribution in [0.5, 0.6) is 0 Å². The van der Waals surface area contributed by atoms with Crippen molar-refractivity contribution in [3.8, 4) is 0 Å². The van der Waals surface area contributed by atoms with Crippen LogP contribution in [-0.2, 0) is 14.3 Å². The number of esters is 1. The molecule has 0 heterocycles. The summed E-state index contributed by atoms with van der Waals surface area (Å²) in [5, 5.41) is 23.8. The topological polar surface area (TPSA) is 95.9 Å². The molecule has 0 saturated carbocycles. The van der Waals surface area contributed by atoms with Crippen LogP contribution in [0.2, 0.25) is 0 Å². The summed E-state index contributed by atoms with van der Waals surface area (Å²) in [5.74, 6) is -0.523. The van der Waals surface area contributed by atoms with Crippen molar-refractivity contribution in [1.29, 1.82) is 0 Å². The summed E-state index contributed by atoms with van der Waals surface area (Å²) in [6, 6.07) is -0.716. The summed E-state index contributed by atoms with van der Waals surface area (Å²) >= 11 is 0. The van der Waals surface area contributed by atoms with Crippen LogP contribution >= 0.6 is 0 Å². The first-order valence-electron chi connectivity index (χ1n) is 27.7. The summed E-state index contributed by atoms with van der Waals surface area (Å²) in [7, 11) is 0. The van der Waals surface area contributed by atoms with E-state index in [9.17, 15) is 19.8 Å². The van der Waals surface area contributed by atoms with Crippen molar-refractivity contribution < 1.29 is 24.5 Å². The van der Waals surface area contributed by atoms with Gasteiger partial charge in [0.15, 0.2) is 0 Å². The number of allylic oxidation sites excluding steroid dienone is 12. The number of aliphatic hydroxyl groups is 2. The summed E-state index contributed by atoms with van der Waals surface area (Å²) in [6.07, 6.45) is 66.8. The largest absolute Gasteiger partial charge is 0.462 e. The number of nitrogens with one attached hydrogen (secondary N) is 1. The van der Waals surface area contributed by atoms with Crippen molar-refractivity contribution in [1.82, 2.24) is 5.32 Å². The molecule has 0 saturated heterocycles. The number of rotatable bonds is 49. The van der Waals surface area contributed by atoms with Crippen LogP contribution in [0.15, 0.2) is 72.9 Å². The monoisotopic (exact) mass is 908 g/mol. The normalized spacial score (nSPS) is 13.7. The molecule has 0 rings (SSSR count). The lowest BCUT2D eigenvalue weighted by Crippen LogP contribution is -2.46. The Hall–Kier alpha value is -2.70. The maximum Gasteiger partial charge on any atom is 0.306 e. The quantitative estimate of drug-likeness (QED) is 0.0321. The lowest BCUT2D eigenvalue weighted by Gasteiger charge is -2.24. The number of hydrogen-bond donors (Lipinski definition) is 3. The molecule has 0 fully saturated rings. The second kappa shape index (κ2) is 52.3. The molecule has 3 N–H and O–H groups in total. The fourth-order valence-corrected chi connectivity index (χ4v) is 8.10. The summed E-state index contributed by atoms with van der Waals surface area (Å²) in [6.45, 7) is 6.35. The van der Waals surface area contributed by atoms with Gasteiger partial charge in [-0.1, -0.05) is 229 Å². The number of ether oxygens (including phenoxy) is 1. The zero-order chi connectivity index (χ0) is 47.4. The molecule has 3 atom stereocenters. The van der Waals surface area contributed by atoms with E-state index in [1.165, 1.54) is 109 Å². The smallest absolute Gasteiger partial charge is 0.306 e. The SMILES string of the molecule is CC/C=C/C/C=C/CCCCCCCC(CC(=O)NC(CO)C(O)CCCCCCCCCCCCCCCCC)OC(=O)CCCCC/C=C\C/C=C\C/C=C\C/C=C\CCCCC.